The van der Waals surface area contributed by atoms with Crippen molar-refractivity contribution in [2.24, 2.45) is 0 Å². The van der Waals surface area contributed by atoms with Gasteiger partial charge in [0.2, 0.25) is 11.8 Å². The molecule has 2 N–H and O–H groups in total. The summed E-state index contributed by atoms with van der Waals surface area (Å²) in [7, 11) is 0. The summed E-state index contributed by atoms with van der Waals surface area (Å²) in [6.45, 7) is 1.70. The first-order valence-corrected chi connectivity index (χ1v) is 4.96. The van der Waals surface area contributed by atoms with Crippen molar-refractivity contribution in [3.8, 4) is 0 Å². The third-order valence-electron chi connectivity index (χ3n) is 3.19. The standard InChI is InChI=1S/C11H9FN2O2/c1-11-4-8(15)13-6-2-5(12)3-7(9(6)11)14-10(11)16/h2-3H,4H2,1H3,(H,13,15)(H,14,16). The van der Waals surface area contributed by atoms with Crippen LogP contribution in [0.15, 0.2) is 12.1 Å². The summed E-state index contributed by atoms with van der Waals surface area (Å²) >= 11 is 0. The van der Waals surface area contributed by atoms with Crippen molar-refractivity contribution in [2.75, 3.05) is 10.6 Å². The molecule has 2 heterocycles. The molecule has 1 unspecified atom stereocenters. The molecule has 1 aromatic carbocycles. The highest BCUT2D eigenvalue weighted by Crippen LogP contribution is 2.47. The van der Waals surface area contributed by atoms with Crippen LogP contribution in [0.1, 0.15) is 18.9 Å². The molecule has 0 saturated heterocycles. The Balaban J connectivity index is 2.34. The van der Waals surface area contributed by atoms with E-state index in [2.05, 4.69) is 10.6 Å². The number of hydrogen-bond donors (Lipinski definition) is 2. The van der Waals surface area contributed by atoms with Gasteiger partial charge < -0.3 is 10.6 Å². The summed E-state index contributed by atoms with van der Waals surface area (Å²) in [5.74, 6) is -0.978. The van der Waals surface area contributed by atoms with Crippen LogP contribution in [0.25, 0.3) is 0 Å². The summed E-state index contributed by atoms with van der Waals surface area (Å²) in [6.07, 6.45) is 0.102. The van der Waals surface area contributed by atoms with Gasteiger partial charge in [0.1, 0.15) is 5.82 Å². The zero-order chi connectivity index (χ0) is 11.5. The lowest BCUT2D eigenvalue weighted by molar-refractivity contribution is -0.125. The van der Waals surface area contributed by atoms with Gasteiger partial charge in [-0.2, -0.15) is 0 Å². The van der Waals surface area contributed by atoms with Crippen LogP contribution in [-0.4, -0.2) is 11.8 Å². The molecule has 4 nitrogen and oxygen atoms in total. The Bertz CT molecular complexity index is 541. The molecule has 0 bridgehead atoms. The van der Waals surface area contributed by atoms with E-state index in [1.807, 2.05) is 0 Å². The van der Waals surface area contributed by atoms with Gasteiger partial charge in [-0.15, -0.1) is 0 Å². The van der Waals surface area contributed by atoms with Gasteiger partial charge in [0.25, 0.3) is 0 Å². The second-order valence-electron chi connectivity index (χ2n) is 4.39. The van der Waals surface area contributed by atoms with Crippen LogP contribution in [0.4, 0.5) is 15.8 Å². The highest BCUT2D eigenvalue weighted by Gasteiger charge is 2.48. The van der Waals surface area contributed by atoms with Crippen LogP contribution in [0.3, 0.4) is 0 Å². The summed E-state index contributed by atoms with van der Waals surface area (Å²) in [6, 6.07) is 2.52. The number of anilines is 2. The molecule has 1 aromatic rings. The Hall–Kier alpha value is -1.91. The fourth-order valence-corrected chi connectivity index (χ4v) is 2.46. The minimum absolute atomic E-state index is 0.102. The Morgan fingerprint density at radius 2 is 1.88 bits per heavy atom. The zero-order valence-electron chi connectivity index (χ0n) is 8.56. The van der Waals surface area contributed by atoms with Gasteiger partial charge in [-0.05, 0) is 19.1 Å². The molecule has 16 heavy (non-hydrogen) atoms. The highest BCUT2D eigenvalue weighted by molar-refractivity contribution is 6.14. The molecule has 3 rings (SSSR count). The third-order valence-corrected chi connectivity index (χ3v) is 3.19. The van der Waals surface area contributed by atoms with Gasteiger partial charge in [0.15, 0.2) is 0 Å². The molecule has 1 atom stereocenters. The van der Waals surface area contributed by atoms with Gasteiger partial charge in [-0.1, -0.05) is 0 Å². The van der Waals surface area contributed by atoms with E-state index in [1.165, 1.54) is 12.1 Å². The maximum Gasteiger partial charge on any atom is 0.235 e. The van der Waals surface area contributed by atoms with Gasteiger partial charge in [0.05, 0.1) is 11.1 Å². The molecule has 0 fully saturated rings. The fourth-order valence-electron chi connectivity index (χ4n) is 2.46. The molecule has 0 aromatic heterocycles. The molecule has 2 aliphatic heterocycles. The maximum absolute atomic E-state index is 13.2. The Labute approximate surface area is 90.8 Å². The van der Waals surface area contributed by atoms with E-state index in [9.17, 15) is 14.0 Å². The van der Waals surface area contributed by atoms with Crippen LogP contribution in [0.5, 0.6) is 0 Å². The van der Waals surface area contributed by atoms with E-state index in [4.69, 9.17) is 0 Å². The molecule has 0 radical (unpaired) electrons. The summed E-state index contributed by atoms with van der Waals surface area (Å²) < 4.78 is 13.2. The van der Waals surface area contributed by atoms with Gasteiger partial charge in [0, 0.05) is 17.7 Å². The lowest BCUT2D eigenvalue weighted by Gasteiger charge is -2.28. The van der Waals surface area contributed by atoms with Crippen molar-refractivity contribution in [2.45, 2.75) is 18.8 Å². The monoisotopic (exact) mass is 220 g/mol. The average Bonchev–Trinajstić information content (AvgIpc) is 2.37. The molecule has 5 heteroatoms. The number of benzene rings is 1. The predicted octanol–water partition coefficient (Wildman–Crippen LogP) is 1.38. The van der Waals surface area contributed by atoms with Crippen LogP contribution in [-0.2, 0) is 15.0 Å². The van der Waals surface area contributed by atoms with Gasteiger partial charge >= 0.3 is 0 Å². The number of carbonyl (C=O) groups excluding carboxylic acids is 2. The largest absolute Gasteiger partial charge is 0.326 e. The normalized spacial score (nSPS) is 26.1. The number of hydrogen-bond acceptors (Lipinski definition) is 2. The molecular formula is C11H9FN2O2. The van der Waals surface area contributed by atoms with E-state index in [0.29, 0.717) is 16.9 Å². The van der Waals surface area contributed by atoms with Crippen LogP contribution in [0, 0.1) is 5.82 Å². The minimum atomic E-state index is -0.860. The Morgan fingerprint density at radius 1 is 1.25 bits per heavy atom. The van der Waals surface area contributed by atoms with Crippen molar-refractivity contribution >= 4 is 23.2 Å². The second-order valence-corrected chi connectivity index (χ2v) is 4.39. The molecule has 0 saturated carbocycles. The van der Waals surface area contributed by atoms with E-state index in [-0.39, 0.29) is 18.2 Å². The van der Waals surface area contributed by atoms with Crippen molar-refractivity contribution in [3.63, 3.8) is 0 Å². The van der Waals surface area contributed by atoms with Gasteiger partial charge in [-0.3, -0.25) is 9.59 Å². The summed E-state index contributed by atoms with van der Waals surface area (Å²) in [5.41, 5.74) is 0.689. The summed E-state index contributed by atoms with van der Waals surface area (Å²) in [5, 5.41) is 5.20. The van der Waals surface area contributed by atoms with E-state index >= 15 is 0 Å². The van der Waals surface area contributed by atoms with E-state index in [0.717, 1.165) is 0 Å². The number of nitrogens with one attached hydrogen (secondary N) is 2. The molecule has 2 amide bonds. The summed E-state index contributed by atoms with van der Waals surface area (Å²) in [4.78, 5) is 23.3. The topological polar surface area (TPSA) is 58.2 Å². The molecular weight excluding hydrogens is 211 g/mol. The Morgan fingerprint density at radius 3 is 2.56 bits per heavy atom. The first kappa shape index (κ1) is 9.33. The van der Waals surface area contributed by atoms with Crippen LogP contribution < -0.4 is 10.6 Å². The van der Waals surface area contributed by atoms with Crippen molar-refractivity contribution < 1.29 is 14.0 Å². The fraction of sp³-hybridized carbons (Fsp3) is 0.273. The first-order valence-electron chi connectivity index (χ1n) is 4.96. The quantitative estimate of drug-likeness (QED) is 0.693. The molecule has 0 spiro atoms. The first-order chi connectivity index (χ1) is 7.50. The lowest BCUT2D eigenvalue weighted by atomic mass is 9.77. The number of carbonyl (C=O) groups is 2. The number of amides is 2. The predicted molar refractivity (Wildman–Crippen MR) is 55.6 cm³/mol. The maximum atomic E-state index is 13.2. The highest BCUT2D eigenvalue weighted by atomic mass is 19.1. The number of halogens is 1. The smallest absolute Gasteiger partial charge is 0.235 e. The molecule has 2 aliphatic rings. The Kier molecular flexibility index (Phi) is 1.52. The number of rotatable bonds is 0. The van der Waals surface area contributed by atoms with Crippen LogP contribution in [0.2, 0.25) is 0 Å². The van der Waals surface area contributed by atoms with Crippen molar-refractivity contribution in [1.82, 2.24) is 0 Å². The zero-order valence-corrected chi connectivity index (χ0v) is 8.56. The minimum Gasteiger partial charge on any atom is -0.326 e. The average molecular weight is 220 g/mol. The molecule has 0 aliphatic carbocycles. The van der Waals surface area contributed by atoms with E-state index < -0.39 is 11.2 Å². The second kappa shape index (κ2) is 2.61. The van der Waals surface area contributed by atoms with Gasteiger partial charge in [-0.25, -0.2) is 4.39 Å². The third kappa shape index (κ3) is 0.973. The lowest BCUT2D eigenvalue weighted by Crippen LogP contribution is -2.39. The van der Waals surface area contributed by atoms with Crippen molar-refractivity contribution in [1.29, 1.82) is 0 Å². The van der Waals surface area contributed by atoms with Crippen molar-refractivity contribution in [3.05, 3.63) is 23.5 Å². The van der Waals surface area contributed by atoms with E-state index in [1.54, 1.807) is 6.92 Å². The SMILES string of the molecule is CC12CC(=O)Nc3cc(F)cc(c31)NC2=O. The van der Waals surface area contributed by atoms with Crippen LogP contribution >= 0.6 is 0 Å². The molecule has 82 valence electrons.